The highest BCUT2D eigenvalue weighted by Crippen LogP contribution is 2.39. The molecule has 2 heterocycles. The first-order valence-corrected chi connectivity index (χ1v) is 11.1. The van der Waals surface area contributed by atoms with Crippen molar-refractivity contribution in [3.05, 3.63) is 23.7 Å². The number of hydrogen-bond acceptors (Lipinski definition) is 6. The number of aryl methyl sites for hydroxylation is 1. The smallest absolute Gasteiger partial charge is 0.225 e. The maximum atomic E-state index is 12.2. The van der Waals surface area contributed by atoms with Gasteiger partial charge >= 0.3 is 0 Å². The van der Waals surface area contributed by atoms with Crippen molar-refractivity contribution >= 4 is 11.9 Å². The van der Waals surface area contributed by atoms with Gasteiger partial charge in [0.1, 0.15) is 0 Å². The van der Waals surface area contributed by atoms with Gasteiger partial charge in [-0.25, -0.2) is 9.97 Å². The van der Waals surface area contributed by atoms with E-state index < -0.39 is 0 Å². The quantitative estimate of drug-likeness (QED) is 0.729. The molecular weight excluding hydrogens is 378 g/mol. The normalized spacial score (nSPS) is 22.0. The summed E-state index contributed by atoms with van der Waals surface area (Å²) in [7, 11) is 0. The summed E-state index contributed by atoms with van der Waals surface area (Å²) < 4.78 is 5.54. The van der Waals surface area contributed by atoms with Gasteiger partial charge in [0, 0.05) is 36.2 Å². The molecule has 162 valence electrons. The van der Waals surface area contributed by atoms with Gasteiger partial charge in [-0.2, -0.15) is 0 Å². The summed E-state index contributed by atoms with van der Waals surface area (Å²) in [5, 5.41) is 10.6. The highest BCUT2D eigenvalue weighted by molar-refractivity contribution is 5.81. The molecule has 0 aromatic carbocycles. The maximum Gasteiger partial charge on any atom is 0.225 e. The van der Waals surface area contributed by atoms with Crippen LogP contribution in [0.25, 0.3) is 11.3 Å². The van der Waals surface area contributed by atoms with E-state index in [2.05, 4.69) is 20.8 Å². The predicted octanol–water partition coefficient (Wildman–Crippen LogP) is 4.45. The monoisotopic (exact) mass is 411 g/mol. The Balaban J connectivity index is 1.45. The number of carbonyl (C=O) groups is 1. The Hall–Kier alpha value is -2.44. The Morgan fingerprint density at radius 2 is 1.90 bits per heavy atom. The Morgan fingerprint density at radius 1 is 1.17 bits per heavy atom. The molecule has 0 aliphatic heterocycles. The molecule has 0 saturated heterocycles. The van der Waals surface area contributed by atoms with Gasteiger partial charge in [0.25, 0.3) is 0 Å². The van der Waals surface area contributed by atoms with Crippen molar-refractivity contribution in [1.82, 2.24) is 20.4 Å². The topological polar surface area (TPSA) is 92.9 Å². The molecule has 2 aliphatic carbocycles. The number of rotatable bonds is 6. The fraction of sp³-hybridized carbons (Fsp3) is 0.652. The van der Waals surface area contributed by atoms with E-state index in [4.69, 9.17) is 9.51 Å². The van der Waals surface area contributed by atoms with Crippen molar-refractivity contribution in [3.63, 3.8) is 0 Å². The van der Waals surface area contributed by atoms with Crippen LogP contribution in [-0.2, 0) is 4.79 Å². The molecule has 4 rings (SSSR count). The third kappa shape index (κ3) is 4.99. The van der Waals surface area contributed by atoms with Crippen molar-refractivity contribution in [2.45, 2.75) is 78.2 Å². The minimum atomic E-state index is -0.340. The molecule has 0 atom stereocenters. The number of hydrogen-bond donors (Lipinski definition) is 2. The number of carbonyl (C=O) groups excluding carboxylic acids is 1. The lowest BCUT2D eigenvalue weighted by molar-refractivity contribution is -0.128. The maximum absolute atomic E-state index is 12.2. The van der Waals surface area contributed by atoms with Crippen molar-refractivity contribution in [2.75, 3.05) is 11.9 Å². The molecule has 0 unspecified atom stereocenters. The molecule has 7 heteroatoms. The van der Waals surface area contributed by atoms with Crippen molar-refractivity contribution in [3.8, 4) is 11.3 Å². The SMILES string of the molecule is Cc1cc(-c2cnc(NC3CC3)nc2C2CCC(CNC(=O)C(C)(C)C)CC2)on1. The van der Waals surface area contributed by atoms with Gasteiger partial charge in [0.2, 0.25) is 11.9 Å². The Kier molecular flexibility index (Phi) is 5.80. The highest BCUT2D eigenvalue weighted by Gasteiger charge is 2.29. The van der Waals surface area contributed by atoms with E-state index in [1.54, 1.807) is 0 Å². The summed E-state index contributed by atoms with van der Waals surface area (Å²) in [5.41, 5.74) is 2.52. The lowest BCUT2D eigenvalue weighted by Gasteiger charge is -2.30. The molecule has 2 N–H and O–H groups in total. The average molecular weight is 412 g/mol. The van der Waals surface area contributed by atoms with E-state index in [1.807, 2.05) is 40.0 Å². The summed E-state index contributed by atoms with van der Waals surface area (Å²) in [6.45, 7) is 8.54. The zero-order valence-electron chi connectivity index (χ0n) is 18.5. The molecule has 2 fully saturated rings. The van der Waals surface area contributed by atoms with Gasteiger partial charge in [-0.05, 0) is 51.4 Å². The van der Waals surface area contributed by atoms with E-state index in [9.17, 15) is 4.79 Å². The minimum Gasteiger partial charge on any atom is -0.356 e. The molecule has 7 nitrogen and oxygen atoms in total. The number of amides is 1. The number of nitrogens with zero attached hydrogens (tertiary/aromatic N) is 3. The summed E-state index contributed by atoms with van der Waals surface area (Å²) >= 11 is 0. The molecule has 2 aromatic rings. The second kappa shape index (κ2) is 8.36. The summed E-state index contributed by atoms with van der Waals surface area (Å²) in [6.07, 6.45) is 8.52. The second-order valence-electron chi connectivity index (χ2n) is 9.92. The van der Waals surface area contributed by atoms with Crippen LogP contribution in [0.15, 0.2) is 16.8 Å². The van der Waals surface area contributed by atoms with Crippen LogP contribution in [0.1, 0.15) is 76.6 Å². The minimum absolute atomic E-state index is 0.124. The molecule has 2 aromatic heterocycles. The van der Waals surface area contributed by atoms with Crippen LogP contribution >= 0.6 is 0 Å². The summed E-state index contributed by atoms with van der Waals surface area (Å²) in [4.78, 5) is 21.6. The first-order valence-electron chi connectivity index (χ1n) is 11.1. The van der Waals surface area contributed by atoms with Crippen LogP contribution in [0.5, 0.6) is 0 Å². The molecule has 2 saturated carbocycles. The lowest BCUT2D eigenvalue weighted by atomic mass is 9.79. The van der Waals surface area contributed by atoms with Gasteiger partial charge in [-0.3, -0.25) is 4.79 Å². The van der Waals surface area contributed by atoms with Crippen molar-refractivity contribution < 1.29 is 9.32 Å². The molecule has 30 heavy (non-hydrogen) atoms. The van der Waals surface area contributed by atoms with Gasteiger partial charge in [0.05, 0.1) is 17.0 Å². The number of aromatic nitrogens is 3. The largest absolute Gasteiger partial charge is 0.356 e. The third-order valence-electron chi connectivity index (χ3n) is 6.09. The lowest BCUT2D eigenvalue weighted by Crippen LogP contribution is -2.38. The Morgan fingerprint density at radius 3 is 2.50 bits per heavy atom. The van der Waals surface area contributed by atoms with Gasteiger partial charge in [0.15, 0.2) is 5.76 Å². The van der Waals surface area contributed by atoms with E-state index in [0.29, 0.717) is 23.8 Å². The fourth-order valence-electron chi connectivity index (χ4n) is 4.01. The number of nitrogens with one attached hydrogen (secondary N) is 2. The van der Waals surface area contributed by atoms with Crippen LogP contribution in [0.3, 0.4) is 0 Å². The van der Waals surface area contributed by atoms with Crippen LogP contribution in [0.4, 0.5) is 5.95 Å². The first-order chi connectivity index (χ1) is 14.3. The van der Waals surface area contributed by atoms with Crippen LogP contribution in [0.2, 0.25) is 0 Å². The molecule has 1 amide bonds. The average Bonchev–Trinajstić information content (AvgIpc) is 3.43. The van der Waals surface area contributed by atoms with Gasteiger partial charge in [-0.15, -0.1) is 0 Å². The van der Waals surface area contributed by atoms with E-state index in [1.165, 1.54) is 12.8 Å². The fourth-order valence-corrected chi connectivity index (χ4v) is 4.01. The van der Waals surface area contributed by atoms with Crippen molar-refractivity contribution in [2.24, 2.45) is 11.3 Å². The second-order valence-corrected chi connectivity index (χ2v) is 9.92. The molecule has 0 radical (unpaired) electrons. The molecular formula is C23H33N5O2. The van der Waals surface area contributed by atoms with E-state index in [0.717, 1.165) is 54.9 Å². The molecule has 2 aliphatic rings. The van der Waals surface area contributed by atoms with Gasteiger partial charge < -0.3 is 15.2 Å². The zero-order valence-corrected chi connectivity index (χ0v) is 18.5. The van der Waals surface area contributed by atoms with E-state index >= 15 is 0 Å². The third-order valence-corrected chi connectivity index (χ3v) is 6.09. The summed E-state index contributed by atoms with van der Waals surface area (Å²) in [5.74, 6) is 2.46. The molecule has 0 spiro atoms. The predicted molar refractivity (Wildman–Crippen MR) is 116 cm³/mol. The van der Waals surface area contributed by atoms with Crippen LogP contribution in [-0.4, -0.2) is 33.6 Å². The number of anilines is 1. The highest BCUT2D eigenvalue weighted by atomic mass is 16.5. The van der Waals surface area contributed by atoms with E-state index in [-0.39, 0.29) is 11.3 Å². The standard InChI is InChI=1S/C23H33N5O2/c1-14-11-19(30-28-14)18-13-25-22(26-17-9-10-17)27-20(18)16-7-5-15(6-8-16)12-24-21(29)23(2,3)4/h11,13,15-17H,5-10,12H2,1-4H3,(H,24,29)(H,25,26,27). The molecule has 0 bridgehead atoms. The van der Waals surface area contributed by atoms with Crippen LogP contribution < -0.4 is 10.6 Å². The zero-order chi connectivity index (χ0) is 21.3. The first kappa shape index (κ1) is 20.8. The Labute approximate surface area is 178 Å². The van der Waals surface area contributed by atoms with Crippen LogP contribution in [0, 0.1) is 18.3 Å². The summed E-state index contributed by atoms with van der Waals surface area (Å²) in [6, 6.07) is 2.46. The van der Waals surface area contributed by atoms with Crippen molar-refractivity contribution in [1.29, 1.82) is 0 Å². The Bertz CT molecular complexity index is 889. The van der Waals surface area contributed by atoms with Gasteiger partial charge in [-0.1, -0.05) is 25.9 Å².